The van der Waals surface area contributed by atoms with Gasteiger partial charge in [0.2, 0.25) is 0 Å². The molecular formula is C20H18Br3N3O3. The molecule has 3 rings (SSSR count). The van der Waals surface area contributed by atoms with E-state index >= 15 is 0 Å². The van der Waals surface area contributed by atoms with Gasteiger partial charge in [-0.2, -0.15) is 9.78 Å². The topological polar surface area (TPSA) is 65.7 Å². The van der Waals surface area contributed by atoms with Gasteiger partial charge in [-0.1, -0.05) is 15.9 Å². The zero-order valence-corrected chi connectivity index (χ0v) is 20.8. The summed E-state index contributed by atoms with van der Waals surface area (Å²) >= 11 is 10.5. The minimum absolute atomic E-state index is 0.240. The first kappa shape index (κ1) is 22.0. The van der Waals surface area contributed by atoms with Gasteiger partial charge in [0.1, 0.15) is 5.82 Å². The molecule has 0 aliphatic rings. The number of aromatic nitrogens is 2. The van der Waals surface area contributed by atoms with Crippen LogP contribution >= 0.6 is 47.8 Å². The van der Waals surface area contributed by atoms with E-state index < -0.39 is 0 Å². The minimum atomic E-state index is -0.240. The molecule has 3 aromatic rings. The Labute approximate surface area is 193 Å². The summed E-state index contributed by atoms with van der Waals surface area (Å²) in [5, 5.41) is 4.88. The second-order valence-electron chi connectivity index (χ2n) is 5.97. The molecule has 1 heterocycles. The van der Waals surface area contributed by atoms with Gasteiger partial charge in [-0.25, -0.2) is 4.98 Å². The summed E-state index contributed by atoms with van der Waals surface area (Å²) in [5.41, 5.74) is 1.12. The van der Waals surface area contributed by atoms with E-state index in [2.05, 4.69) is 57.9 Å². The van der Waals surface area contributed by atoms with Gasteiger partial charge in [0.05, 0.1) is 34.8 Å². The molecule has 152 valence electrons. The quantitative estimate of drug-likeness (QED) is 0.349. The van der Waals surface area contributed by atoms with E-state index in [-0.39, 0.29) is 5.56 Å². The first-order chi connectivity index (χ1) is 13.9. The summed E-state index contributed by atoms with van der Waals surface area (Å²) in [6.45, 7) is 6.56. The lowest BCUT2D eigenvalue weighted by Crippen LogP contribution is -2.20. The molecule has 29 heavy (non-hydrogen) atoms. The van der Waals surface area contributed by atoms with Crippen molar-refractivity contribution >= 4 is 64.9 Å². The zero-order valence-electron chi connectivity index (χ0n) is 16.0. The molecule has 9 heteroatoms. The van der Waals surface area contributed by atoms with E-state index in [1.165, 1.54) is 4.68 Å². The van der Waals surface area contributed by atoms with Gasteiger partial charge in [-0.3, -0.25) is 4.79 Å². The molecule has 0 spiro atoms. The first-order valence-electron chi connectivity index (χ1n) is 8.88. The Kier molecular flexibility index (Phi) is 7.13. The van der Waals surface area contributed by atoms with Crippen LogP contribution in [0.5, 0.6) is 11.5 Å². The van der Waals surface area contributed by atoms with E-state index in [9.17, 15) is 4.79 Å². The average molecular weight is 588 g/mol. The van der Waals surface area contributed by atoms with Gasteiger partial charge in [0.25, 0.3) is 5.56 Å². The van der Waals surface area contributed by atoms with E-state index in [1.807, 2.05) is 26.0 Å². The Balaban J connectivity index is 2.11. The van der Waals surface area contributed by atoms with Crippen molar-refractivity contribution in [3.63, 3.8) is 0 Å². The van der Waals surface area contributed by atoms with Crippen LogP contribution in [0.1, 0.15) is 25.2 Å². The van der Waals surface area contributed by atoms with Crippen LogP contribution in [0.25, 0.3) is 10.9 Å². The van der Waals surface area contributed by atoms with Crippen LogP contribution < -0.4 is 15.0 Å². The van der Waals surface area contributed by atoms with Gasteiger partial charge in [-0.05, 0) is 76.9 Å². The summed E-state index contributed by atoms with van der Waals surface area (Å²) in [7, 11) is 0. The number of hydrogen-bond acceptors (Lipinski definition) is 5. The number of halogens is 3. The van der Waals surface area contributed by atoms with E-state index in [0.29, 0.717) is 41.4 Å². The van der Waals surface area contributed by atoms with Crippen molar-refractivity contribution < 1.29 is 9.47 Å². The molecule has 0 radical (unpaired) electrons. The highest BCUT2D eigenvalue weighted by Gasteiger charge is 2.17. The maximum atomic E-state index is 12.9. The molecule has 0 amide bonds. The van der Waals surface area contributed by atoms with Crippen LogP contribution in [0.3, 0.4) is 0 Å². The van der Waals surface area contributed by atoms with Crippen molar-refractivity contribution in [1.29, 1.82) is 0 Å². The number of hydrogen-bond donors (Lipinski definition) is 0. The van der Waals surface area contributed by atoms with E-state index in [1.54, 1.807) is 25.3 Å². The third kappa shape index (κ3) is 4.57. The molecule has 0 saturated carbocycles. The lowest BCUT2D eigenvalue weighted by molar-refractivity contribution is 0.286. The molecule has 6 nitrogen and oxygen atoms in total. The fourth-order valence-corrected chi connectivity index (χ4v) is 4.05. The van der Waals surface area contributed by atoms with Crippen LogP contribution in [0.2, 0.25) is 0 Å². The highest BCUT2D eigenvalue weighted by atomic mass is 79.9. The zero-order chi connectivity index (χ0) is 21.1. The SMILES string of the molecule is CCOc1cc(C=Nn2c(C)nc3ccc(Br)cc3c2=O)c(Br)c(Br)c1OCC. The molecule has 0 N–H and O–H groups in total. The molecule has 0 aliphatic carbocycles. The molecule has 0 aliphatic heterocycles. The normalized spacial score (nSPS) is 11.4. The third-order valence-electron chi connectivity index (χ3n) is 4.03. The van der Waals surface area contributed by atoms with Gasteiger partial charge in [0, 0.05) is 14.5 Å². The van der Waals surface area contributed by atoms with Crippen LogP contribution in [-0.2, 0) is 0 Å². The molecule has 0 atom stereocenters. The molecule has 0 unspecified atom stereocenters. The van der Waals surface area contributed by atoms with Crippen molar-refractivity contribution in [1.82, 2.24) is 9.66 Å². The van der Waals surface area contributed by atoms with Crippen LogP contribution in [-0.4, -0.2) is 29.1 Å². The van der Waals surface area contributed by atoms with Crippen molar-refractivity contribution in [3.8, 4) is 11.5 Å². The van der Waals surface area contributed by atoms with E-state index in [0.717, 1.165) is 19.0 Å². The number of benzene rings is 2. The Hall–Kier alpha value is -1.71. The molecule has 0 bridgehead atoms. The predicted octanol–water partition coefficient (Wildman–Crippen LogP) is 5.67. The fourth-order valence-electron chi connectivity index (χ4n) is 2.76. The summed E-state index contributed by atoms with van der Waals surface area (Å²) in [6.07, 6.45) is 1.59. The second kappa shape index (κ2) is 9.40. The molecule has 0 saturated heterocycles. The third-order valence-corrected chi connectivity index (χ3v) is 6.66. The lowest BCUT2D eigenvalue weighted by atomic mass is 10.2. The molecular weight excluding hydrogens is 570 g/mol. The highest BCUT2D eigenvalue weighted by molar-refractivity contribution is 9.13. The van der Waals surface area contributed by atoms with Crippen molar-refractivity contribution in [2.75, 3.05) is 13.2 Å². The Morgan fingerprint density at radius 1 is 1.10 bits per heavy atom. The van der Waals surface area contributed by atoms with E-state index in [4.69, 9.17) is 9.47 Å². The maximum Gasteiger partial charge on any atom is 0.282 e. The highest BCUT2D eigenvalue weighted by Crippen LogP contribution is 2.42. The maximum absolute atomic E-state index is 12.9. The second-order valence-corrected chi connectivity index (χ2v) is 8.47. The minimum Gasteiger partial charge on any atom is -0.490 e. The number of nitrogens with zero attached hydrogens (tertiary/aromatic N) is 3. The summed E-state index contributed by atoms with van der Waals surface area (Å²) in [4.78, 5) is 17.4. The van der Waals surface area contributed by atoms with Crippen molar-refractivity contribution in [2.45, 2.75) is 20.8 Å². The number of rotatable bonds is 6. The van der Waals surface area contributed by atoms with Gasteiger partial charge in [0.15, 0.2) is 11.5 Å². The summed E-state index contributed by atoms with van der Waals surface area (Å²) in [5.74, 6) is 1.70. The molecule has 1 aromatic heterocycles. The summed E-state index contributed by atoms with van der Waals surface area (Å²) in [6, 6.07) is 7.22. The summed E-state index contributed by atoms with van der Waals surface area (Å²) < 4.78 is 15.0. The van der Waals surface area contributed by atoms with Gasteiger partial charge < -0.3 is 9.47 Å². The van der Waals surface area contributed by atoms with Crippen molar-refractivity contribution in [3.05, 3.63) is 59.4 Å². The predicted molar refractivity (Wildman–Crippen MR) is 126 cm³/mol. The number of fused-ring (bicyclic) bond motifs is 1. The van der Waals surface area contributed by atoms with Crippen LogP contribution in [0, 0.1) is 6.92 Å². The fraction of sp³-hybridized carbons (Fsp3) is 0.250. The largest absolute Gasteiger partial charge is 0.490 e. The lowest BCUT2D eigenvalue weighted by Gasteiger charge is -2.15. The Bertz CT molecular complexity index is 1160. The Morgan fingerprint density at radius 3 is 2.52 bits per heavy atom. The Morgan fingerprint density at radius 2 is 1.83 bits per heavy atom. The number of aryl methyl sites for hydroxylation is 1. The molecule has 0 fully saturated rings. The monoisotopic (exact) mass is 585 g/mol. The van der Waals surface area contributed by atoms with Crippen LogP contribution in [0.15, 0.2) is 47.6 Å². The van der Waals surface area contributed by atoms with Gasteiger partial charge in [-0.15, -0.1) is 0 Å². The average Bonchev–Trinajstić information content (AvgIpc) is 2.69. The van der Waals surface area contributed by atoms with Crippen LogP contribution in [0.4, 0.5) is 0 Å². The standard InChI is InChI=1S/C20H18Br3N3O3/c1-4-28-16-8-12(17(22)18(23)19(16)29-5-2)10-24-26-11(3)25-15-7-6-13(21)9-14(15)20(26)27/h6-10H,4-5H2,1-3H3. The number of ether oxygens (including phenoxy) is 2. The van der Waals surface area contributed by atoms with Gasteiger partial charge >= 0.3 is 0 Å². The first-order valence-corrected chi connectivity index (χ1v) is 11.3. The smallest absolute Gasteiger partial charge is 0.282 e. The van der Waals surface area contributed by atoms with Crippen molar-refractivity contribution in [2.24, 2.45) is 5.10 Å². The molecule has 2 aromatic carbocycles.